The van der Waals surface area contributed by atoms with Crippen molar-refractivity contribution in [2.24, 2.45) is 0 Å². The maximum Gasteiger partial charge on any atom is 0.255 e. The smallest absolute Gasteiger partial charge is 0.255 e. The third-order valence-electron chi connectivity index (χ3n) is 6.29. The molecule has 1 saturated heterocycles. The van der Waals surface area contributed by atoms with Gasteiger partial charge in [-0.05, 0) is 43.9 Å². The molecule has 3 aromatic heterocycles. The van der Waals surface area contributed by atoms with E-state index in [0.717, 1.165) is 49.0 Å². The first-order valence-corrected chi connectivity index (χ1v) is 10.0. The molecule has 3 aromatic rings. The molecule has 2 aliphatic rings. The van der Waals surface area contributed by atoms with Gasteiger partial charge >= 0.3 is 0 Å². The van der Waals surface area contributed by atoms with E-state index in [-0.39, 0.29) is 16.9 Å². The van der Waals surface area contributed by atoms with Crippen LogP contribution in [0.15, 0.2) is 35.4 Å². The molecular weight excluding hydrogens is 368 g/mol. The van der Waals surface area contributed by atoms with E-state index in [1.165, 1.54) is 0 Å². The molecule has 0 aromatic carbocycles. The second-order valence-electron chi connectivity index (χ2n) is 8.34. The number of fused-ring (bicyclic) bond motifs is 3. The number of carbonyl (C=O) groups is 1. The Balaban J connectivity index is 1.49. The molecular formula is C21H24N6O2. The number of H-pyrrole nitrogens is 1. The molecule has 0 bridgehead atoms. The summed E-state index contributed by atoms with van der Waals surface area (Å²) in [5, 5.41) is 4.19. The van der Waals surface area contributed by atoms with Crippen molar-refractivity contribution < 1.29 is 4.79 Å². The summed E-state index contributed by atoms with van der Waals surface area (Å²) in [5.41, 5.74) is 2.95. The normalized spacial score (nSPS) is 21.0. The van der Waals surface area contributed by atoms with E-state index in [9.17, 15) is 9.59 Å². The van der Waals surface area contributed by atoms with Crippen LogP contribution in [0, 0.1) is 0 Å². The number of piperidine rings is 1. The van der Waals surface area contributed by atoms with E-state index in [1.807, 2.05) is 48.3 Å². The van der Waals surface area contributed by atoms with Crippen molar-refractivity contribution in [1.82, 2.24) is 24.5 Å². The fourth-order valence-corrected chi connectivity index (χ4v) is 4.79. The number of aromatic nitrogens is 4. The van der Waals surface area contributed by atoms with Crippen molar-refractivity contribution in [1.29, 1.82) is 0 Å². The summed E-state index contributed by atoms with van der Waals surface area (Å²) in [6, 6.07) is 5.59. The molecule has 1 N–H and O–H groups in total. The van der Waals surface area contributed by atoms with Crippen LogP contribution in [0.2, 0.25) is 0 Å². The van der Waals surface area contributed by atoms with Gasteiger partial charge in [-0.1, -0.05) is 0 Å². The average molecular weight is 392 g/mol. The highest BCUT2D eigenvalue weighted by Crippen LogP contribution is 2.43. The van der Waals surface area contributed by atoms with E-state index in [1.54, 1.807) is 10.7 Å². The number of aromatic amines is 1. The zero-order valence-electron chi connectivity index (χ0n) is 16.7. The van der Waals surface area contributed by atoms with Crippen LogP contribution in [0.5, 0.6) is 0 Å². The Hall–Kier alpha value is -3.16. The summed E-state index contributed by atoms with van der Waals surface area (Å²) >= 11 is 0. The van der Waals surface area contributed by atoms with Gasteiger partial charge in [-0.2, -0.15) is 5.10 Å². The van der Waals surface area contributed by atoms with Crippen LogP contribution >= 0.6 is 0 Å². The number of rotatable bonds is 2. The van der Waals surface area contributed by atoms with Crippen LogP contribution < -0.4 is 10.5 Å². The van der Waals surface area contributed by atoms with Crippen LogP contribution in [-0.4, -0.2) is 57.6 Å². The maximum absolute atomic E-state index is 13.3. The quantitative estimate of drug-likeness (QED) is 0.716. The van der Waals surface area contributed by atoms with Gasteiger partial charge in [-0.15, -0.1) is 0 Å². The lowest BCUT2D eigenvalue weighted by molar-refractivity contribution is 0.0633. The third kappa shape index (κ3) is 2.82. The molecule has 8 heteroatoms. The van der Waals surface area contributed by atoms with Crippen molar-refractivity contribution in [2.45, 2.75) is 31.1 Å². The molecule has 5 rings (SSSR count). The highest BCUT2D eigenvalue weighted by Gasteiger charge is 2.45. The van der Waals surface area contributed by atoms with Gasteiger partial charge in [0.05, 0.1) is 11.2 Å². The largest absolute Gasteiger partial charge is 0.348 e. The molecule has 1 aliphatic carbocycles. The standard InChI is InChI=1S/C21H24N6O2/c1-25(2)20-23-17-16(18(28)24-20)4-8-21(17)7-3-10-26(13-21)19(29)14-6-11-27-15(12-14)5-9-22-27/h5-6,9,11-12H,3-4,7-8,10,13H2,1-2H3,(H,23,24,28). The Morgan fingerprint density at radius 3 is 2.97 bits per heavy atom. The Morgan fingerprint density at radius 2 is 2.14 bits per heavy atom. The number of hydrogen-bond acceptors (Lipinski definition) is 5. The Bertz CT molecular complexity index is 1160. The first kappa shape index (κ1) is 17.9. The van der Waals surface area contributed by atoms with Crippen LogP contribution in [0.3, 0.4) is 0 Å². The lowest BCUT2D eigenvalue weighted by Gasteiger charge is -2.40. The summed E-state index contributed by atoms with van der Waals surface area (Å²) in [6.07, 6.45) is 6.98. The van der Waals surface area contributed by atoms with E-state index >= 15 is 0 Å². The van der Waals surface area contributed by atoms with Crippen LogP contribution in [0.1, 0.15) is 40.9 Å². The van der Waals surface area contributed by atoms with Crippen LogP contribution in [0.25, 0.3) is 5.52 Å². The fourth-order valence-electron chi connectivity index (χ4n) is 4.79. The third-order valence-corrected chi connectivity index (χ3v) is 6.29. The number of likely N-dealkylation sites (tertiary alicyclic amines) is 1. The van der Waals surface area contributed by atoms with Crippen molar-refractivity contribution in [3.63, 3.8) is 0 Å². The molecule has 8 nitrogen and oxygen atoms in total. The fraction of sp³-hybridized carbons (Fsp3) is 0.429. The number of anilines is 1. The molecule has 29 heavy (non-hydrogen) atoms. The molecule has 1 fully saturated rings. The minimum atomic E-state index is -0.233. The van der Waals surface area contributed by atoms with Crippen molar-refractivity contribution in [3.8, 4) is 0 Å². The number of nitrogens with zero attached hydrogens (tertiary/aromatic N) is 5. The summed E-state index contributed by atoms with van der Waals surface area (Å²) < 4.78 is 1.75. The van der Waals surface area contributed by atoms with Gasteiger partial charge in [0.15, 0.2) is 0 Å². The van der Waals surface area contributed by atoms with E-state index in [2.05, 4.69) is 10.1 Å². The second kappa shape index (κ2) is 6.43. The van der Waals surface area contributed by atoms with Crippen molar-refractivity contribution in [3.05, 3.63) is 57.8 Å². The van der Waals surface area contributed by atoms with E-state index in [4.69, 9.17) is 4.98 Å². The first-order chi connectivity index (χ1) is 14.0. The van der Waals surface area contributed by atoms with Crippen molar-refractivity contribution >= 4 is 17.4 Å². The maximum atomic E-state index is 13.3. The SMILES string of the molecule is CN(C)c1nc2c(c(=O)[nH]1)CCC21CCCN(C(=O)c2ccn3nccc3c2)C1. The highest BCUT2D eigenvalue weighted by molar-refractivity contribution is 5.95. The van der Waals surface area contributed by atoms with Gasteiger partial charge in [0.2, 0.25) is 5.95 Å². The Labute approximate surface area is 168 Å². The summed E-state index contributed by atoms with van der Waals surface area (Å²) in [7, 11) is 3.74. The number of amides is 1. The monoisotopic (exact) mass is 392 g/mol. The van der Waals surface area contributed by atoms with E-state index in [0.29, 0.717) is 18.1 Å². The molecule has 1 aliphatic heterocycles. The lowest BCUT2D eigenvalue weighted by atomic mass is 9.77. The summed E-state index contributed by atoms with van der Waals surface area (Å²) in [4.78, 5) is 37.3. The van der Waals surface area contributed by atoms with E-state index < -0.39 is 0 Å². The summed E-state index contributed by atoms with van der Waals surface area (Å²) in [6.45, 7) is 1.33. The zero-order chi connectivity index (χ0) is 20.2. The number of hydrogen-bond donors (Lipinski definition) is 1. The van der Waals surface area contributed by atoms with Crippen LogP contribution in [0.4, 0.5) is 5.95 Å². The Morgan fingerprint density at radius 1 is 1.28 bits per heavy atom. The molecule has 1 atom stereocenters. The van der Waals surface area contributed by atoms with Crippen LogP contribution in [-0.2, 0) is 11.8 Å². The first-order valence-electron chi connectivity index (χ1n) is 10.0. The number of pyridine rings is 1. The minimum Gasteiger partial charge on any atom is -0.348 e. The highest BCUT2D eigenvalue weighted by atomic mass is 16.2. The minimum absolute atomic E-state index is 0.0268. The summed E-state index contributed by atoms with van der Waals surface area (Å²) in [5.74, 6) is 0.601. The number of carbonyl (C=O) groups excluding carboxylic acids is 1. The molecule has 0 radical (unpaired) electrons. The van der Waals surface area contributed by atoms with Gasteiger partial charge in [-0.25, -0.2) is 9.50 Å². The lowest BCUT2D eigenvalue weighted by Crippen LogP contribution is -2.48. The zero-order valence-corrected chi connectivity index (χ0v) is 16.7. The molecule has 0 saturated carbocycles. The van der Waals surface area contributed by atoms with Gasteiger partial charge in [0.1, 0.15) is 0 Å². The molecule has 4 heterocycles. The van der Waals surface area contributed by atoms with Gasteiger partial charge < -0.3 is 9.80 Å². The average Bonchev–Trinajstić information content (AvgIpc) is 3.32. The Kier molecular flexibility index (Phi) is 3.97. The van der Waals surface area contributed by atoms with Gasteiger partial charge in [0.25, 0.3) is 11.5 Å². The predicted octanol–water partition coefficient (Wildman–Crippen LogP) is 1.60. The predicted molar refractivity (Wildman–Crippen MR) is 110 cm³/mol. The molecule has 1 unspecified atom stereocenters. The topological polar surface area (TPSA) is 86.6 Å². The second-order valence-corrected chi connectivity index (χ2v) is 8.34. The molecule has 1 spiro atoms. The molecule has 150 valence electrons. The van der Waals surface area contributed by atoms with Gasteiger partial charge in [0, 0.05) is 56.1 Å². The number of nitrogens with one attached hydrogen (secondary N) is 1. The molecule has 1 amide bonds. The van der Waals surface area contributed by atoms with Gasteiger partial charge in [-0.3, -0.25) is 14.6 Å². The van der Waals surface area contributed by atoms with Crippen molar-refractivity contribution in [2.75, 3.05) is 32.1 Å².